The summed E-state index contributed by atoms with van der Waals surface area (Å²) in [6, 6.07) is 0. The van der Waals surface area contributed by atoms with Crippen molar-refractivity contribution in [3.63, 3.8) is 0 Å². The van der Waals surface area contributed by atoms with Gasteiger partial charge in [-0.2, -0.15) is 5.10 Å². The zero-order valence-electron chi connectivity index (χ0n) is 7.74. The van der Waals surface area contributed by atoms with Crippen molar-refractivity contribution in [1.82, 2.24) is 15.2 Å². The van der Waals surface area contributed by atoms with Crippen LogP contribution in [0.2, 0.25) is 0 Å². The molecule has 5 heteroatoms. The molecule has 0 spiro atoms. The molecule has 0 aliphatic rings. The van der Waals surface area contributed by atoms with E-state index < -0.39 is 5.97 Å². The number of aliphatic carboxylic acids is 1. The molecule has 1 aromatic rings. The molecule has 0 aliphatic carbocycles. The predicted octanol–water partition coefficient (Wildman–Crippen LogP) is 0.630. The highest BCUT2D eigenvalue weighted by Gasteiger charge is 2.07. The Balaban J connectivity index is 2.58. The number of aromatic amines is 1. The highest BCUT2D eigenvalue weighted by Crippen LogP contribution is 2.02. The van der Waals surface area contributed by atoms with Crippen LogP contribution in [-0.2, 0) is 17.6 Å². The monoisotopic (exact) mass is 183 g/mol. The molecule has 0 amide bonds. The second-order valence-corrected chi connectivity index (χ2v) is 3.37. The fourth-order valence-electron chi connectivity index (χ4n) is 1.01. The Kier molecular flexibility index (Phi) is 3.00. The van der Waals surface area contributed by atoms with Crippen LogP contribution in [0.4, 0.5) is 0 Å². The molecule has 0 unspecified atom stereocenters. The number of carbonyl (C=O) groups is 1. The molecule has 1 heterocycles. The molecule has 0 saturated carbocycles. The van der Waals surface area contributed by atoms with Gasteiger partial charge in [-0.3, -0.25) is 9.89 Å². The number of rotatable bonds is 4. The molecule has 5 nitrogen and oxygen atoms in total. The van der Waals surface area contributed by atoms with Crippen molar-refractivity contribution in [2.75, 3.05) is 0 Å². The van der Waals surface area contributed by atoms with Gasteiger partial charge in [0.15, 0.2) is 5.82 Å². The molecule has 2 N–H and O–H groups in total. The van der Waals surface area contributed by atoms with E-state index in [1.54, 1.807) is 0 Å². The highest BCUT2D eigenvalue weighted by molar-refractivity contribution is 5.68. The molecular weight excluding hydrogens is 170 g/mol. The molecule has 0 aliphatic heterocycles. The van der Waals surface area contributed by atoms with Gasteiger partial charge in [0, 0.05) is 6.42 Å². The first kappa shape index (κ1) is 9.70. The number of hydrogen-bond acceptors (Lipinski definition) is 3. The van der Waals surface area contributed by atoms with Gasteiger partial charge in [0.25, 0.3) is 0 Å². The van der Waals surface area contributed by atoms with Gasteiger partial charge in [0.2, 0.25) is 0 Å². The van der Waals surface area contributed by atoms with Crippen LogP contribution in [-0.4, -0.2) is 26.3 Å². The molecular formula is C8H13N3O2. The van der Waals surface area contributed by atoms with Crippen LogP contribution in [0.3, 0.4) is 0 Å². The number of carboxylic acid groups (broad SMARTS) is 1. The van der Waals surface area contributed by atoms with Gasteiger partial charge in [-0.15, -0.1) is 0 Å². The second-order valence-electron chi connectivity index (χ2n) is 3.37. The van der Waals surface area contributed by atoms with E-state index in [1.165, 1.54) is 0 Å². The Morgan fingerprint density at radius 3 is 2.85 bits per heavy atom. The van der Waals surface area contributed by atoms with Crippen LogP contribution in [0.25, 0.3) is 0 Å². The first-order valence-electron chi connectivity index (χ1n) is 4.20. The molecule has 72 valence electrons. The minimum absolute atomic E-state index is 0.0922. The lowest BCUT2D eigenvalue weighted by Crippen LogP contribution is -2.02. The Morgan fingerprint density at radius 2 is 2.31 bits per heavy atom. The lowest BCUT2D eigenvalue weighted by molar-refractivity contribution is -0.136. The van der Waals surface area contributed by atoms with Crippen LogP contribution in [0.15, 0.2) is 0 Å². The summed E-state index contributed by atoms with van der Waals surface area (Å²) < 4.78 is 0. The average Bonchev–Trinajstić information content (AvgIpc) is 2.33. The molecule has 0 saturated heterocycles. The smallest absolute Gasteiger partial charge is 0.311 e. The largest absolute Gasteiger partial charge is 0.481 e. The minimum Gasteiger partial charge on any atom is -0.481 e. The summed E-state index contributed by atoms with van der Waals surface area (Å²) in [5, 5.41) is 15.0. The van der Waals surface area contributed by atoms with Crippen molar-refractivity contribution in [2.24, 2.45) is 5.92 Å². The lowest BCUT2D eigenvalue weighted by Gasteiger charge is -1.96. The quantitative estimate of drug-likeness (QED) is 0.717. The zero-order chi connectivity index (χ0) is 9.84. The average molecular weight is 183 g/mol. The Morgan fingerprint density at radius 1 is 1.62 bits per heavy atom. The molecule has 1 rings (SSSR count). The van der Waals surface area contributed by atoms with E-state index in [-0.39, 0.29) is 6.42 Å². The van der Waals surface area contributed by atoms with E-state index in [1.807, 2.05) is 0 Å². The fourth-order valence-corrected chi connectivity index (χ4v) is 1.01. The van der Waals surface area contributed by atoms with E-state index in [0.717, 1.165) is 6.42 Å². The van der Waals surface area contributed by atoms with Gasteiger partial charge >= 0.3 is 5.97 Å². The van der Waals surface area contributed by atoms with Gasteiger partial charge < -0.3 is 5.11 Å². The second kappa shape index (κ2) is 4.02. The summed E-state index contributed by atoms with van der Waals surface area (Å²) in [5.74, 6) is 0.690. The molecule has 0 atom stereocenters. The molecule has 0 fully saturated rings. The van der Waals surface area contributed by atoms with E-state index in [9.17, 15) is 4.79 Å². The summed E-state index contributed by atoms with van der Waals surface area (Å²) >= 11 is 0. The SMILES string of the molecule is CC(C)Cc1n[nH]c(CC(=O)O)n1. The van der Waals surface area contributed by atoms with Crippen LogP contribution in [0.5, 0.6) is 0 Å². The van der Waals surface area contributed by atoms with Crippen molar-refractivity contribution in [3.8, 4) is 0 Å². The molecule has 0 bridgehead atoms. The molecule has 0 aromatic carbocycles. The zero-order valence-corrected chi connectivity index (χ0v) is 7.74. The van der Waals surface area contributed by atoms with Gasteiger partial charge in [0.05, 0.1) is 0 Å². The van der Waals surface area contributed by atoms with Crippen LogP contribution < -0.4 is 0 Å². The summed E-state index contributed by atoms with van der Waals surface area (Å²) in [4.78, 5) is 14.4. The Hall–Kier alpha value is -1.39. The maximum atomic E-state index is 10.3. The normalized spacial score (nSPS) is 10.7. The first-order chi connectivity index (χ1) is 6.08. The van der Waals surface area contributed by atoms with Crippen LogP contribution in [0, 0.1) is 5.92 Å². The number of carboxylic acids is 1. The van der Waals surface area contributed by atoms with Crippen molar-refractivity contribution >= 4 is 5.97 Å². The standard InChI is InChI=1S/C8H13N3O2/c1-5(2)3-6-9-7(11-10-6)4-8(12)13/h5H,3-4H2,1-2H3,(H,12,13)(H,9,10,11). The van der Waals surface area contributed by atoms with Crippen molar-refractivity contribution < 1.29 is 9.90 Å². The Labute approximate surface area is 76.2 Å². The summed E-state index contributed by atoms with van der Waals surface area (Å²) in [5.41, 5.74) is 0. The van der Waals surface area contributed by atoms with E-state index >= 15 is 0 Å². The fraction of sp³-hybridized carbons (Fsp3) is 0.625. The van der Waals surface area contributed by atoms with E-state index in [2.05, 4.69) is 29.0 Å². The first-order valence-corrected chi connectivity index (χ1v) is 4.20. The maximum Gasteiger partial charge on any atom is 0.311 e. The highest BCUT2D eigenvalue weighted by atomic mass is 16.4. The topological polar surface area (TPSA) is 78.9 Å². The van der Waals surface area contributed by atoms with Crippen molar-refractivity contribution in [3.05, 3.63) is 11.6 Å². The van der Waals surface area contributed by atoms with Crippen molar-refractivity contribution in [2.45, 2.75) is 26.7 Å². The number of aromatic nitrogens is 3. The summed E-state index contributed by atoms with van der Waals surface area (Å²) in [6.07, 6.45) is 0.682. The van der Waals surface area contributed by atoms with E-state index in [0.29, 0.717) is 17.6 Å². The minimum atomic E-state index is -0.896. The number of hydrogen-bond donors (Lipinski definition) is 2. The third-order valence-electron chi connectivity index (χ3n) is 1.49. The molecule has 0 radical (unpaired) electrons. The lowest BCUT2D eigenvalue weighted by atomic mass is 10.1. The maximum absolute atomic E-state index is 10.3. The number of H-pyrrole nitrogens is 1. The molecule has 13 heavy (non-hydrogen) atoms. The summed E-state index contributed by atoms with van der Waals surface area (Å²) in [7, 11) is 0. The summed E-state index contributed by atoms with van der Waals surface area (Å²) in [6.45, 7) is 4.13. The molecule has 1 aromatic heterocycles. The van der Waals surface area contributed by atoms with Gasteiger partial charge in [0.1, 0.15) is 12.2 Å². The van der Waals surface area contributed by atoms with Gasteiger partial charge in [-0.05, 0) is 5.92 Å². The third kappa shape index (κ3) is 3.23. The van der Waals surface area contributed by atoms with Crippen LogP contribution in [0.1, 0.15) is 25.5 Å². The Bertz CT molecular complexity index is 293. The van der Waals surface area contributed by atoms with E-state index in [4.69, 9.17) is 5.11 Å². The number of nitrogens with zero attached hydrogens (tertiary/aromatic N) is 2. The predicted molar refractivity (Wildman–Crippen MR) is 46.3 cm³/mol. The van der Waals surface area contributed by atoms with Crippen molar-refractivity contribution in [1.29, 1.82) is 0 Å². The third-order valence-corrected chi connectivity index (χ3v) is 1.49. The van der Waals surface area contributed by atoms with Gasteiger partial charge in [-0.25, -0.2) is 4.98 Å². The number of nitrogens with one attached hydrogen (secondary N) is 1. The van der Waals surface area contributed by atoms with Crippen LogP contribution >= 0.6 is 0 Å². The van der Waals surface area contributed by atoms with Gasteiger partial charge in [-0.1, -0.05) is 13.8 Å².